The fourth-order valence-corrected chi connectivity index (χ4v) is 10.7. The molecule has 0 heterocycles. The maximum absolute atomic E-state index is 4.36. The van der Waals surface area contributed by atoms with Gasteiger partial charge >= 0.3 is 0 Å². The van der Waals surface area contributed by atoms with Crippen LogP contribution in [0, 0.1) is 0 Å². The van der Waals surface area contributed by atoms with E-state index in [2.05, 4.69) is 34.3 Å². The van der Waals surface area contributed by atoms with Gasteiger partial charge in [0.05, 0.1) is 17.6 Å². The fraction of sp³-hybridized carbons (Fsp3) is 0.800. The molecule has 0 saturated carbocycles. The molecule has 0 aliphatic heterocycles. The highest BCUT2D eigenvalue weighted by molar-refractivity contribution is 6.88. The molecule has 0 aromatic heterocycles. The summed E-state index contributed by atoms with van der Waals surface area (Å²) in [5, 5.41) is 0. The van der Waals surface area contributed by atoms with Gasteiger partial charge in [0.25, 0.3) is 0 Å². The third kappa shape index (κ3) is 3.27. The van der Waals surface area contributed by atoms with Crippen molar-refractivity contribution in [3.63, 3.8) is 0 Å². The average Bonchev–Trinajstić information content (AvgIpc) is 2.09. The minimum absolute atomic E-state index is 0.512. The predicted molar refractivity (Wildman–Crippen MR) is 65.4 cm³/mol. The second kappa shape index (κ2) is 6.66. The molecule has 0 N–H and O–H groups in total. The molecule has 0 unspecified atom stereocenters. The molecule has 0 bridgehead atoms. The van der Waals surface area contributed by atoms with E-state index < -0.39 is 17.6 Å². The Hall–Kier alpha value is 0.174. The van der Waals surface area contributed by atoms with Crippen molar-refractivity contribution in [1.29, 1.82) is 0 Å². The van der Waals surface area contributed by atoms with Crippen LogP contribution in [0.2, 0.25) is 24.2 Å². The average molecular weight is 200 g/mol. The number of rotatable bonds is 6. The Morgan fingerprint density at radius 1 is 0.833 bits per heavy atom. The highest BCUT2D eigenvalue weighted by Gasteiger charge is 2.17. The van der Waals surface area contributed by atoms with Crippen molar-refractivity contribution < 1.29 is 0 Å². The van der Waals surface area contributed by atoms with Gasteiger partial charge < -0.3 is 0 Å². The van der Waals surface area contributed by atoms with Crippen molar-refractivity contribution in [2.45, 2.75) is 51.9 Å². The Bertz CT molecular complexity index is 110. The number of hydrogen-bond donors (Lipinski definition) is 0. The van der Waals surface area contributed by atoms with Crippen LogP contribution in [0.4, 0.5) is 0 Å². The Balaban J connectivity index is 4.12. The van der Waals surface area contributed by atoms with Crippen molar-refractivity contribution in [2.75, 3.05) is 0 Å². The van der Waals surface area contributed by atoms with Gasteiger partial charge in [0.1, 0.15) is 0 Å². The summed E-state index contributed by atoms with van der Waals surface area (Å²) in [7, 11) is -1.02. The molecule has 0 aliphatic rings. The van der Waals surface area contributed by atoms with Gasteiger partial charge in [0, 0.05) is 0 Å². The van der Waals surface area contributed by atoms with Crippen LogP contribution in [0.1, 0.15) is 27.7 Å². The summed E-state index contributed by atoms with van der Waals surface area (Å²) in [6.07, 6.45) is 0. The van der Waals surface area contributed by atoms with E-state index in [0.717, 1.165) is 0 Å². The van der Waals surface area contributed by atoms with Crippen molar-refractivity contribution in [3.05, 3.63) is 11.4 Å². The monoisotopic (exact) mass is 200 g/mol. The topological polar surface area (TPSA) is 0 Å². The standard InChI is InChI=1S/C10H24Si2/c1-6-11(7-2)10(5)12(8-3)9-4/h11-12H,5-9H2,1-4H3. The molecule has 0 aromatic rings. The first-order valence-electron chi connectivity index (χ1n) is 5.39. The summed E-state index contributed by atoms with van der Waals surface area (Å²) >= 11 is 0. The van der Waals surface area contributed by atoms with Gasteiger partial charge in [-0.2, -0.15) is 0 Å². The summed E-state index contributed by atoms with van der Waals surface area (Å²) < 4.78 is 0. The lowest BCUT2D eigenvalue weighted by atomic mass is 10.9. The normalized spacial score (nSPS) is 11.2. The van der Waals surface area contributed by atoms with Gasteiger partial charge in [-0.3, -0.25) is 0 Å². The Labute approximate surface area is 81.3 Å². The molecule has 0 atom stereocenters. The highest BCUT2D eigenvalue weighted by Crippen LogP contribution is 2.16. The molecule has 12 heavy (non-hydrogen) atoms. The zero-order valence-electron chi connectivity index (χ0n) is 9.19. The smallest absolute Gasteiger partial charge is 0.0593 e. The lowest BCUT2D eigenvalue weighted by Crippen LogP contribution is -2.26. The first-order valence-corrected chi connectivity index (χ1v) is 9.81. The fourth-order valence-electron chi connectivity index (χ4n) is 1.96. The van der Waals surface area contributed by atoms with Gasteiger partial charge in [0.15, 0.2) is 0 Å². The molecule has 0 spiro atoms. The van der Waals surface area contributed by atoms with Crippen LogP contribution in [0.5, 0.6) is 0 Å². The third-order valence-electron chi connectivity index (χ3n) is 3.02. The first kappa shape index (κ1) is 12.2. The van der Waals surface area contributed by atoms with Crippen LogP contribution < -0.4 is 0 Å². The van der Waals surface area contributed by atoms with Crippen LogP contribution in [-0.2, 0) is 0 Å². The van der Waals surface area contributed by atoms with Crippen molar-refractivity contribution in [1.82, 2.24) is 0 Å². The molecule has 0 saturated heterocycles. The van der Waals surface area contributed by atoms with E-state index in [1.54, 1.807) is 4.82 Å². The molecular weight excluding hydrogens is 176 g/mol. The van der Waals surface area contributed by atoms with E-state index in [4.69, 9.17) is 0 Å². The molecule has 2 heteroatoms. The van der Waals surface area contributed by atoms with Gasteiger partial charge in [-0.15, -0.1) is 11.4 Å². The SMILES string of the molecule is C=C([SiH](CC)CC)[SiH](CC)CC. The van der Waals surface area contributed by atoms with Crippen LogP contribution in [0.15, 0.2) is 11.4 Å². The van der Waals surface area contributed by atoms with E-state index in [1.807, 2.05) is 0 Å². The molecule has 0 nitrogen and oxygen atoms in total. The summed E-state index contributed by atoms with van der Waals surface area (Å²) in [5.41, 5.74) is 0. The van der Waals surface area contributed by atoms with E-state index in [-0.39, 0.29) is 0 Å². The largest absolute Gasteiger partial charge is 0.108 e. The molecule has 0 aromatic carbocycles. The second-order valence-corrected chi connectivity index (χ2v) is 11.8. The van der Waals surface area contributed by atoms with Gasteiger partial charge in [-0.05, 0) is 0 Å². The molecule has 0 amide bonds. The molecular formula is C10H24Si2. The maximum atomic E-state index is 4.36. The molecule has 0 aliphatic carbocycles. The Kier molecular flexibility index (Phi) is 6.76. The highest BCUT2D eigenvalue weighted by atomic mass is 28.3. The molecule has 0 fully saturated rings. The van der Waals surface area contributed by atoms with Crippen LogP contribution >= 0.6 is 0 Å². The minimum Gasteiger partial charge on any atom is -0.108 e. The lowest BCUT2D eigenvalue weighted by molar-refractivity contribution is 1.29. The van der Waals surface area contributed by atoms with Crippen molar-refractivity contribution >= 4 is 17.6 Å². The van der Waals surface area contributed by atoms with E-state index in [9.17, 15) is 0 Å². The zero-order valence-corrected chi connectivity index (χ0v) is 11.5. The van der Waals surface area contributed by atoms with Gasteiger partial charge in [-0.1, -0.05) is 51.9 Å². The quantitative estimate of drug-likeness (QED) is 0.578. The first-order chi connectivity index (χ1) is 5.71. The molecule has 0 rings (SSSR count). The predicted octanol–water partition coefficient (Wildman–Crippen LogP) is 3.15. The summed E-state index contributed by atoms with van der Waals surface area (Å²) in [6.45, 7) is 13.8. The summed E-state index contributed by atoms with van der Waals surface area (Å²) in [6, 6.07) is 5.72. The summed E-state index contributed by atoms with van der Waals surface area (Å²) in [4.78, 5) is 1.77. The van der Waals surface area contributed by atoms with E-state index >= 15 is 0 Å². The van der Waals surface area contributed by atoms with Crippen molar-refractivity contribution in [2.24, 2.45) is 0 Å². The summed E-state index contributed by atoms with van der Waals surface area (Å²) in [5.74, 6) is 0. The molecule has 72 valence electrons. The van der Waals surface area contributed by atoms with Crippen LogP contribution in [-0.4, -0.2) is 17.6 Å². The van der Waals surface area contributed by atoms with Gasteiger partial charge in [0.2, 0.25) is 0 Å². The lowest BCUT2D eigenvalue weighted by Gasteiger charge is -2.20. The minimum atomic E-state index is -0.512. The van der Waals surface area contributed by atoms with Crippen LogP contribution in [0.25, 0.3) is 0 Å². The third-order valence-corrected chi connectivity index (χ3v) is 11.9. The number of hydrogen-bond acceptors (Lipinski definition) is 0. The van der Waals surface area contributed by atoms with E-state index in [1.165, 1.54) is 24.2 Å². The van der Waals surface area contributed by atoms with E-state index in [0.29, 0.717) is 0 Å². The molecule has 0 radical (unpaired) electrons. The second-order valence-electron chi connectivity index (χ2n) is 3.60. The zero-order chi connectivity index (χ0) is 9.56. The van der Waals surface area contributed by atoms with Crippen molar-refractivity contribution in [3.8, 4) is 0 Å². The van der Waals surface area contributed by atoms with Crippen LogP contribution in [0.3, 0.4) is 0 Å². The van der Waals surface area contributed by atoms with Gasteiger partial charge in [-0.25, -0.2) is 0 Å². The Morgan fingerprint density at radius 2 is 1.08 bits per heavy atom. The Morgan fingerprint density at radius 3 is 1.25 bits per heavy atom. The maximum Gasteiger partial charge on any atom is 0.0593 e.